The second-order valence-corrected chi connectivity index (χ2v) is 18.6. The molecule has 0 radical (unpaired) electrons. The van der Waals surface area contributed by atoms with Gasteiger partial charge >= 0.3 is 6.09 Å². The molecule has 2 fully saturated rings. The maximum atomic E-state index is 11.3. The minimum atomic E-state index is -1.88. The van der Waals surface area contributed by atoms with E-state index in [9.17, 15) is 9.90 Å². The van der Waals surface area contributed by atoms with E-state index in [1.54, 1.807) is 7.05 Å². The molecular formula is C30H52N4O4Si. The quantitative estimate of drug-likeness (QED) is 0.337. The van der Waals surface area contributed by atoms with Gasteiger partial charge in [-0.25, -0.2) is 9.48 Å². The molecule has 1 aromatic rings. The van der Waals surface area contributed by atoms with Crippen molar-refractivity contribution < 1.29 is 19.1 Å². The number of nitrogens with zero attached hydrogens (tertiary/aromatic N) is 4. The summed E-state index contributed by atoms with van der Waals surface area (Å²) in [7, 11) is 1.80. The molecule has 1 N–H and O–H groups in total. The summed E-state index contributed by atoms with van der Waals surface area (Å²) in [4.78, 5) is 14.8. The number of carboxylic acid groups (broad SMARTS) is 1. The normalized spacial score (nSPS) is 23.8. The number of aromatic nitrogens is 2. The molecular weight excluding hydrogens is 508 g/mol. The Balaban J connectivity index is 1.60. The third-order valence-electron chi connectivity index (χ3n) is 9.79. The molecule has 4 rings (SSSR count). The summed E-state index contributed by atoms with van der Waals surface area (Å²) in [5, 5.41) is 14.6. The number of allylic oxidation sites excluding steroid dienone is 1. The van der Waals surface area contributed by atoms with Crippen LogP contribution in [0.5, 0.6) is 0 Å². The molecule has 0 aromatic carbocycles. The summed E-state index contributed by atoms with van der Waals surface area (Å²) in [6.45, 7) is 14.4. The molecule has 1 aliphatic heterocycles. The number of rotatable bonds is 9. The first-order chi connectivity index (χ1) is 18.3. The van der Waals surface area contributed by atoms with E-state index in [2.05, 4.69) is 62.8 Å². The molecule has 8 nitrogen and oxygen atoms in total. The lowest BCUT2D eigenvalue weighted by Crippen LogP contribution is -2.49. The standard InChI is InChI=1S/C30H52N4O4Si/c1-29(2,3)39(6,7)38-25-14-13-23(20-30(25)15-9-10-16-30)27-24(21-32(4)17-18-33(5)28(35)36)22-34(31-27)26-12-8-11-19-37-26/h13,22,25-26H,8-12,14-21H2,1-7H3,(H,35,36). The average molecular weight is 561 g/mol. The van der Waals surface area contributed by atoms with Crippen LogP contribution in [0, 0.1) is 5.41 Å². The molecule has 1 amide bonds. The van der Waals surface area contributed by atoms with Crippen molar-refractivity contribution in [2.45, 2.75) is 116 Å². The Morgan fingerprint density at radius 3 is 2.54 bits per heavy atom. The number of ether oxygens (including phenoxy) is 1. The molecule has 0 bridgehead atoms. The van der Waals surface area contributed by atoms with Crippen molar-refractivity contribution in [1.82, 2.24) is 19.6 Å². The lowest BCUT2D eigenvalue weighted by Gasteiger charge is -2.47. The van der Waals surface area contributed by atoms with Gasteiger partial charge in [-0.3, -0.25) is 0 Å². The van der Waals surface area contributed by atoms with Gasteiger partial charge in [0, 0.05) is 45.0 Å². The summed E-state index contributed by atoms with van der Waals surface area (Å²) in [6.07, 6.45) is 14.2. The van der Waals surface area contributed by atoms with Crippen molar-refractivity contribution in [1.29, 1.82) is 0 Å². The summed E-state index contributed by atoms with van der Waals surface area (Å²) in [5.41, 5.74) is 3.85. The van der Waals surface area contributed by atoms with Crippen LogP contribution in [0.15, 0.2) is 12.3 Å². The SMILES string of the molecule is CN(CCN(C)C(=O)O)Cc1cn(C2CCCCO2)nc1C1=CCC(O[Si](C)(C)C(C)(C)C)C2(CCCC2)C1. The van der Waals surface area contributed by atoms with E-state index < -0.39 is 14.4 Å². The van der Waals surface area contributed by atoms with Crippen molar-refractivity contribution in [3.05, 3.63) is 23.5 Å². The molecule has 220 valence electrons. The molecule has 2 unspecified atom stereocenters. The molecule has 1 saturated carbocycles. The van der Waals surface area contributed by atoms with E-state index >= 15 is 0 Å². The first-order valence-electron chi connectivity index (χ1n) is 15.0. The Kier molecular flexibility index (Phi) is 9.35. The van der Waals surface area contributed by atoms with Crippen LogP contribution in [0.3, 0.4) is 0 Å². The number of hydrogen-bond donors (Lipinski definition) is 1. The Morgan fingerprint density at radius 2 is 1.92 bits per heavy atom. The number of likely N-dealkylation sites (N-methyl/N-ethyl adjacent to an activating group) is 2. The van der Waals surface area contributed by atoms with E-state index in [1.807, 2.05) is 0 Å². The van der Waals surface area contributed by atoms with Crippen molar-refractivity contribution in [3.63, 3.8) is 0 Å². The fraction of sp³-hybridized carbons (Fsp3) is 0.800. The van der Waals surface area contributed by atoms with Crippen molar-refractivity contribution in [3.8, 4) is 0 Å². The highest BCUT2D eigenvalue weighted by Crippen LogP contribution is 2.54. The van der Waals surface area contributed by atoms with Gasteiger partial charge in [-0.15, -0.1) is 0 Å². The second-order valence-electron chi connectivity index (χ2n) is 13.8. The van der Waals surface area contributed by atoms with Gasteiger partial charge in [-0.1, -0.05) is 39.7 Å². The molecule has 1 saturated heterocycles. The topological polar surface area (TPSA) is 80.1 Å². The number of amides is 1. The predicted molar refractivity (Wildman–Crippen MR) is 158 cm³/mol. The van der Waals surface area contributed by atoms with Crippen molar-refractivity contribution in [2.24, 2.45) is 5.41 Å². The van der Waals surface area contributed by atoms with Gasteiger partial charge in [-0.2, -0.15) is 5.10 Å². The maximum absolute atomic E-state index is 11.3. The number of hydrogen-bond acceptors (Lipinski definition) is 5. The minimum Gasteiger partial charge on any atom is -0.465 e. The molecule has 2 atom stereocenters. The molecule has 9 heteroatoms. The van der Waals surface area contributed by atoms with Crippen LogP contribution in [-0.4, -0.2) is 79.0 Å². The molecule has 1 spiro atoms. The van der Waals surface area contributed by atoms with E-state index in [-0.39, 0.29) is 22.8 Å². The molecule has 2 aliphatic carbocycles. The van der Waals surface area contributed by atoms with E-state index in [1.165, 1.54) is 41.7 Å². The zero-order chi connectivity index (χ0) is 28.4. The third kappa shape index (κ3) is 6.97. The summed E-state index contributed by atoms with van der Waals surface area (Å²) >= 11 is 0. The van der Waals surface area contributed by atoms with Crippen LogP contribution in [0.4, 0.5) is 4.79 Å². The van der Waals surface area contributed by atoms with Crippen LogP contribution < -0.4 is 0 Å². The first-order valence-corrected chi connectivity index (χ1v) is 17.9. The highest BCUT2D eigenvalue weighted by Gasteiger charge is 2.49. The van der Waals surface area contributed by atoms with Gasteiger partial charge in [0.1, 0.15) is 6.23 Å². The van der Waals surface area contributed by atoms with Crippen molar-refractivity contribution in [2.75, 3.05) is 33.8 Å². The van der Waals surface area contributed by atoms with Crippen LogP contribution in [0.2, 0.25) is 18.1 Å². The summed E-state index contributed by atoms with van der Waals surface area (Å²) in [6, 6.07) is 0. The Morgan fingerprint density at radius 1 is 1.21 bits per heavy atom. The predicted octanol–water partition coefficient (Wildman–Crippen LogP) is 6.75. The second kappa shape index (κ2) is 12.0. The lowest BCUT2D eigenvalue weighted by atomic mass is 9.70. The van der Waals surface area contributed by atoms with Gasteiger partial charge < -0.3 is 24.1 Å². The molecule has 1 aromatic heterocycles. The highest BCUT2D eigenvalue weighted by molar-refractivity contribution is 6.74. The fourth-order valence-electron chi connectivity index (χ4n) is 6.21. The van der Waals surface area contributed by atoms with Crippen LogP contribution >= 0.6 is 0 Å². The van der Waals surface area contributed by atoms with E-state index in [0.29, 0.717) is 13.1 Å². The Bertz CT molecular complexity index is 1020. The smallest absolute Gasteiger partial charge is 0.407 e. The van der Waals surface area contributed by atoms with Gasteiger partial charge in [0.25, 0.3) is 0 Å². The van der Waals surface area contributed by atoms with Gasteiger partial charge in [0.15, 0.2) is 8.32 Å². The number of carbonyl (C=O) groups is 1. The molecule has 2 heterocycles. The highest BCUT2D eigenvalue weighted by atomic mass is 28.4. The third-order valence-corrected chi connectivity index (χ3v) is 14.3. The fourth-order valence-corrected chi connectivity index (χ4v) is 7.62. The Hall–Kier alpha value is -1.68. The van der Waals surface area contributed by atoms with Crippen LogP contribution in [0.1, 0.15) is 96.0 Å². The van der Waals surface area contributed by atoms with E-state index in [0.717, 1.165) is 50.9 Å². The zero-order valence-corrected chi connectivity index (χ0v) is 26.5. The maximum Gasteiger partial charge on any atom is 0.407 e. The van der Waals surface area contributed by atoms with Gasteiger partial charge in [-0.05, 0) is 81.1 Å². The summed E-state index contributed by atoms with van der Waals surface area (Å²) in [5.74, 6) is 0. The van der Waals surface area contributed by atoms with Crippen LogP contribution in [-0.2, 0) is 15.7 Å². The summed E-state index contributed by atoms with van der Waals surface area (Å²) < 4.78 is 15.3. The molecule has 3 aliphatic rings. The first kappa shape index (κ1) is 30.3. The van der Waals surface area contributed by atoms with Gasteiger partial charge in [0.05, 0.1) is 11.8 Å². The zero-order valence-electron chi connectivity index (χ0n) is 25.5. The van der Waals surface area contributed by atoms with Crippen molar-refractivity contribution >= 4 is 20.0 Å². The average Bonchev–Trinajstić information content (AvgIpc) is 3.51. The van der Waals surface area contributed by atoms with Gasteiger partial charge in [0.2, 0.25) is 0 Å². The lowest BCUT2D eigenvalue weighted by molar-refractivity contribution is -0.0396. The Labute approximate surface area is 236 Å². The van der Waals surface area contributed by atoms with E-state index in [4.69, 9.17) is 14.3 Å². The molecule has 39 heavy (non-hydrogen) atoms. The largest absolute Gasteiger partial charge is 0.465 e. The monoisotopic (exact) mass is 560 g/mol. The van der Waals surface area contributed by atoms with Crippen LogP contribution in [0.25, 0.3) is 5.57 Å². The minimum absolute atomic E-state index is 0.00556.